The first-order valence-electron chi connectivity index (χ1n) is 10.1. The summed E-state index contributed by atoms with van der Waals surface area (Å²) >= 11 is 0. The van der Waals surface area contributed by atoms with Crippen LogP contribution in [0.4, 0.5) is 0 Å². The third-order valence-electron chi connectivity index (χ3n) is 5.41. The van der Waals surface area contributed by atoms with Crippen LogP contribution in [0.5, 0.6) is 23.1 Å². The molecule has 2 aliphatic rings. The molecule has 8 heteroatoms. The summed E-state index contributed by atoms with van der Waals surface area (Å²) in [6, 6.07) is 16.8. The standard InChI is InChI=1S/C24H20N2O5S/c1-29-21-6-3-13-25-24(21)31-19-5-2-4-17-18(19)11-12-20(17)30-16-9-7-15(8-10-16)22-14-23(27)26-32(22)28/h2-10,13-14,20H,11-12H2,1H3,(H,26,27)/t20-,32?/m1/s1. The Morgan fingerprint density at radius 2 is 1.88 bits per heavy atom. The Morgan fingerprint density at radius 1 is 1.06 bits per heavy atom. The Morgan fingerprint density at radius 3 is 2.62 bits per heavy atom. The van der Waals surface area contributed by atoms with Crippen molar-refractivity contribution >= 4 is 21.8 Å². The van der Waals surface area contributed by atoms with Crippen molar-refractivity contribution in [3.63, 3.8) is 0 Å². The number of hydrogen-bond acceptors (Lipinski definition) is 6. The summed E-state index contributed by atoms with van der Waals surface area (Å²) in [5.74, 6) is 2.10. The van der Waals surface area contributed by atoms with Gasteiger partial charge in [0.15, 0.2) is 16.7 Å². The maximum atomic E-state index is 11.9. The van der Waals surface area contributed by atoms with Gasteiger partial charge in [-0.25, -0.2) is 9.19 Å². The normalized spacial score (nSPS) is 19.2. The number of carbonyl (C=O) groups is 1. The highest BCUT2D eigenvalue weighted by Gasteiger charge is 2.28. The van der Waals surface area contributed by atoms with E-state index in [4.69, 9.17) is 14.2 Å². The summed E-state index contributed by atoms with van der Waals surface area (Å²) in [4.78, 5) is 16.2. The molecule has 2 atom stereocenters. The van der Waals surface area contributed by atoms with Crippen LogP contribution in [0.15, 0.2) is 66.9 Å². The van der Waals surface area contributed by atoms with Gasteiger partial charge in [0.1, 0.15) is 17.6 Å². The second-order valence-corrected chi connectivity index (χ2v) is 8.53. The van der Waals surface area contributed by atoms with Crippen LogP contribution in [0.25, 0.3) is 4.91 Å². The summed E-state index contributed by atoms with van der Waals surface area (Å²) in [6.45, 7) is 0. The Labute approximate surface area is 187 Å². The van der Waals surface area contributed by atoms with Gasteiger partial charge in [0, 0.05) is 17.8 Å². The molecule has 2 aromatic carbocycles. The van der Waals surface area contributed by atoms with E-state index in [1.807, 2.05) is 48.5 Å². The lowest BCUT2D eigenvalue weighted by atomic mass is 10.1. The first-order chi connectivity index (χ1) is 15.6. The van der Waals surface area contributed by atoms with Crippen LogP contribution in [0.1, 0.15) is 29.2 Å². The molecule has 1 amide bonds. The molecule has 2 heterocycles. The van der Waals surface area contributed by atoms with Crippen molar-refractivity contribution in [1.82, 2.24) is 9.71 Å². The molecule has 32 heavy (non-hydrogen) atoms. The van der Waals surface area contributed by atoms with Gasteiger partial charge in [0.05, 0.1) is 12.0 Å². The highest BCUT2D eigenvalue weighted by molar-refractivity contribution is 7.93. The van der Waals surface area contributed by atoms with Crippen LogP contribution in [0.2, 0.25) is 0 Å². The molecule has 5 rings (SSSR count). The monoisotopic (exact) mass is 448 g/mol. The maximum absolute atomic E-state index is 11.9. The van der Waals surface area contributed by atoms with Gasteiger partial charge in [-0.15, -0.1) is 0 Å². The number of benzene rings is 2. The average Bonchev–Trinajstić information content (AvgIpc) is 3.37. The summed E-state index contributed by atoms with van der Waals surface area (Å²) in [6.07, 6.45) is 4.57. The van der Waals surface area contributed by atoms with E-state index in [9.17, 15) is 9.00 Å². The third kappa shape index (κ3) is 3.85. The van der Waals surface area contributed by atoms with Gasteiger partial charge in [-0.2, -0.15) is 0 Å². The van der Waals surface area contributed by atoms with E-state index in [2.05, 4.69) is 9.71 Å². The fraction of sp³-hybridized carbons (Fsp3) is 0.167. The number of amides is 1. The van der Waals surface area contributed by atoms with E-state index >= 15 is 0 Å². The minimum absolute atomic E-state index is 0.104. The molecule has 162 valence electrons. The Hall–Kier alpha value is -3.65. The highest BCUT2D eigenvalue weighted by atomic mass is 32.2. The number of aromatic nitrogens is 1. The number of nitrogens with one attached hydrogen (secondary N) is 1. The molecule has 0 spiro atoms. The molecule has 7 nitrogen and oxygen atoms in total. The number of fused-ring (bicyclic) bond motifs is 1. The van der Waals surface area contributed by atoms with Crippen LogP contribution < -0.4 is 18.9 Å². The predicted octanol–water partition coefficient (Wildman–Crippen LogP) is 4.08. The highest BCUT2D eigenvalue weighted by Crippen LogP contribution is 2.41. The predicted molar refractivity (Wildman–Crippen MR) is 120 cm³/mol. The molecule has 3 aromatic rings. The summed E-state index contributed by atoms with van der Waals surface area (Å²) in [7, 11) is 0.0756. The quantitative estimate of drug-likeness (QED) is 0.611. The molecule has 1 unspecified atom stereocenters. The van der Waals surface area contributed by atoms with Gasteiger partial charge in [-0.3, -0.25) is 9.52 Å². The van der Waals surface area contributed by atoms with Crippen LogP contribution in [0.3, 0.4) is 0 Å². The zero-order valence-corrected chi connectivity index (χ0v) is 18.1. The summed E-state index contributed by atoms with van der Waals surface area (Å²) in [5, 5.41) is 0. The molecule has 1 aliphatic heterocycles. The smallest absolute Gasteiger partial charge is 0.262 e. The largest absolute Gasteiger partial charge is 0.491 e. The molecule has 1 aromatic heterocycles. The molecule has 0 fully saturated rings. The van der Waals surface area contributed by atoms with Gasteiger partial charge in [0.25, 0.3) is 11.8 Å². The minimum Gasteiger partial charge on any atom is -0.491 e. The lowest BCUT2D eigenvalue weighted by Gasteiger charge is -2.16. The number of rotatable bonds is 6. The fourth-order valence-corrected chi connectivity index (χ4v) is 4.83. The van der Waals surface area contributed by atoms with Crippen LogP contribution in [-0.2, 0) is 22.2 Å². The van der Waals surface area contributed by atoms with Crippen LogP contribution >= 0.6 is 0 Å². The third-order valence-corrected chi connectivity index (χ3v) is 6.55. The number of pyridine rings is 1. The number of methoxy groups -OCH3 is 1. The zero-order valence-electron chi connectivity index (χ0n) is 17.2. The molecule has 1 N–H and O–H groups in total. The van der Waals surface area contributed by atoms with E-state index in [1.54, 1.807) is 19.4 Å². The van der Waals surface area contributed by atoms with Gasteiger partial charge >= 0.3 is 0 Å². The molecular weight excluding hydrogens is 428 g/mol. The number of hydrogen-bond donors (Lipinski definition) is 1. The van der Waals surface area contributed by atoms with Crippen molar-refractivity contribution in [3.05, 3.63) is 83.6 Å². The van der Waals surface area contributed by atoms with Crippen molar-refractivity contribution in [2.75, 3.05) is 7.11 Å². The van der Waals surface area contributed by atoms with Gasteiger partial charge in [-0.05, 0) is 54.3 Å². The molecule has 1 aliphatic carbocycles. The van der Waals surface area contributed by atoms with Crippen molar-refractivity contribution in [2.45, 2.75) is 18.9 Å². The SMILES string of the molecule is COc1cccnc1Oc1cccc2c1CC[C@H]2Oc1ccc(C2=CC(=O)NS2=O)cc1. The molecule has 0 saturated heterocycles. The molecule has 0 radical (unpaired) electrons. The van der Waals surface area contributed by atoms with Crippen molar-refractivity contribution in [2.24, 2.45) is 0 Å². The first kappa shape index (κ1) is 20.3. The van der Waals surface area contributed by atoms with Crippen molar-refractivity contribution in [3.8, 4) is 23.1 Å². The van der Waals surface area contributed by atoms with Gasteiger partial charge in [-0.1, -0.05) is 24.3 Å². The number of nitrogens with zero attached hydrogens (tertiary/aromatic N) is 1. The fourth-order valence-electron chi connectivity index (χ4n) is 3.91. The molecule has 0 saturated carbocycles. The second-order valence-electron chi connectivity index (χ2n) is 7.35. The Balaban J connectivity index is 1.34. The summed E-state index contributed by atoms with van der Waals surface area (Å²) in [5.41, 5.74) is 2.90. The van der Waals surface area contributed by atoms with E-state index in [1.165, 1.54) is 6.08 Å². The van der Waals surface area contributed by atoms with E-state index in [0.29, 0.717) is 22.3 Å². The maximum Gasteiger partial charge on any atom is 0.262 e. The topological polar surface area (TPSA) is 86.8 Å². The minimum atomic E-state index is -1.51. The van der Waals surface area contributed by atoms with Crippen LogP contribution in [0, 0.1) is 0 Å². The van der Waals surface area contributed by atoms with Crippen LogP contribution in [-0.4, -0.2) is 22.2 Å². The lowest BCUT2D eigenvalue weighted by molar-refractivity contribution is -0.114. The average molecular weight is 449 g/mol. The number of carbonyl (C=O) groups excluding carboxylic acids is 1. The second kappa shape index (κ2) is 8.47. The Kier molecular flexibility index (Phi) is 5.36. The zero-order chi connectivity index (χ0) is 22.1. The first-order valence-corrected chi connectivity index (χ1v) is 11.3. The van der Waals surface area contributed by atoms with E-state index in [0.717, 1.165) is 35.3 Å². The van der Waals surface area contributed by atoms with Crippen molar-refractivity contribution < 1.29 is 23.2 Å². The van der Waals surface area contributed by atoms with Gasteiger partial charge in [0.2, 0.25) is 0 Å². The van der Waals surface area contributed by atoms with Gasteiger partial charge < -0.3 is 14.2 Å². The Bertz CT molecular complexity index is 1240. The summed E-state index contributed by atoms with van der Waals surface area (Å²) < 4.78 is 32.0. The van der Waals surface area contributed by atoms with E-state index < -0.39 is 11.0 Å². The number of ether oxygens (including phenoxy) is 3. The lowest BCUT2D eigenvalue weighted by Crippen LogP contribution is -2.16. The van der Waals surface area contributed by atoms with E-state index in [-0.39, 0.29) is 12.0 Å². The molecular formula is C24H20N2O5S. The molecule has 0 bridgehead atoms. The van der Waals surface area contributed by atoms with Crippen molar-refractivity contribution in [1.29, 1.82) is 0 Å².